The Morgan fingerprint density at radius 1 is 1.44 bits per heavy atom. The van der Waals surface area contributed by atoms with Gasteiger partial charge in [-0.1, -0.05) is 16.8 Å². The molecule has 0 spiro atoms. The van der Waals surface area contributed by atoms with Crippen molar-refractivity contribution in [2.45, 2.75) is 0 Å². The van der Waals surface area contributed by atoms with Crippen molar-refractivity contribution in [1.29, 1.82) is 0 Å². The van der Waals surface area contributed by atoms with Gasteiger partial charge in [-0.15, -0.1) is 0 Å². The molecule has 1 aromatic heterocycles. The topological polar surface area (TPSA) is 61.3 Å². The first-order chi connectivity index (χ1) is 7.61. The van der Waals surface area contributed by atoms with Gasteiger partial charge in [0.1, 0.15) is 17.3 Å². The van der Waals surface area contributed by atoms with Crippen molar-refractivity contribution in [3.63, 3.8) is 0 Å². The highest BCUT2D eigenvalue weighted by Gasteiger charge is 2.14. The molecular formula is C10H8ClFN2O2. The molecular weight excluding hydrogens is 235 g/mol. The number of nitrogen functional groups attached to an aromatic ring is 1. The van der Waals surface area contributed by atoms with Crippen LogP contribution in [0.1, 0.15) is 0 Å². The molecule has 0 aliphatic rings. The number of methoxy groups -OCH3 is 1. The van der Waals surface area contributed by atoms with Crippen LogP contribution in [0.5, 0.6) is 5.75 Å². The SMILES string of the molecule is COc1cc(F)c(Cl)cc1-c1cc(N)on1. The number of hydrogen-bond donors (Lipinski definition) is 1. The predicted molar refractivity (Wildman–Crippen MR) is 57.9 cm³/mol. The van der Waals surface area contributed by atoms with E-state index in [1.54, 1.807) is 0 Å². The lowest BCUT2D eigenvalue weighted by Crippen LogP contribution is -1.90. The van der Waals surface area contributed by atoms with Gasteiger partial charge >= 0.3 is 0 Å². The van der Waals surface area contributed by atoms with E-state index in [4.69, 9.17) is 26.6 Å². The molecule has 0 radical (unpaired) electrons. The minimum Gasteiger partial charge on any atom is -0.496 e. The molecule has 0 bridgehead atoms. The fourth-order valence-electron chi connectivity index (χ4n) is 1.31. The summed E-state index contributed by atoms with van der Waals surface area (Å²) in [7, 11) is 1.43. The van der Waals surface area contributed by atoms with Crippen molar-refractivity contribution in [3.05, 3.63) is 29.0 Å². The van der Waals surface area contributed by atoms with Crippen LogP contribution in [0.3, 0.4) is 0 Å². The van der Waals surface area contributed by atoms with Gasteiger partial charge in [-0.25, -0.2) is 4.39 Å². The summed E-state index contributed by atoms with van der Waals surface area (Å²) in [5.74, 6) is -0.0774. The Bertz CT molecular complexity index is 528. The third-order valence-corrected chi connectivity index (χ3v) is 2.34. The Kier molecular flexibility index (Phi) is 2.70. The van der Waals surface area contributed by atoms with Gasteiger partial charge in [0.2, 0.25) is 5.88 Å². The zero-order chi connectivity index (χ0) is 11.7. The first kappa shape index (κ1) is 10.8. The first-order valence-corrected chi connectivity index (χ1v) is 4.75. The maximum Gasteiger partial charge on any atom is 0.222 e. The van der Waals surface area contributed by atoms with Gasteiger partial charge in [0, 0.05) is 17.7 Å². The summed E-state index contributed by atoms with van der Waals surface area (Å²) in [5, 5.41) is 3.69. The second-order valence-electron chi connectivity index (χ2n) is 3.08. The summed E-state index contributed by atoms with van der Waals surface area (Å²) in [6, 6.07) is 4.10. The summed E-state index contributed by atoms with van der Waals surface area (Å²) in [5.41, 5.74) is 6.36. The van der Waals surface area contributed by atoms with E-state index in [2.05, 4.69) is 5.16 Å². The van der Waals surface area contributed by atoms with E-state index in [1.807, 2.05) is 0 Å². The van der Waals surface area contributed by atoms with Crippen LogP contribution in [0.4, 0.5) is 10.3 Å². The molecule has 0 atom stereocenters. The molecule has 16 heavy (non-hydrogen) atoms. The number of rotatable bonds is 2. The van der Waals surface area contributed by atoms with Gasteiger partial charge in [0.15, 0.2) is 0 Å². The lowest BCUT2D eigenvalue weighted by Gasteiger charge is -2.06. The summed E-state index contributed by atoms with van der Waals surface area (Å²) < 4.78 is 22.9. The lowest BCUT2D eigenvalue weighted by atomic mass is 10.1. The van der Waals surface area contributed by atoms with Crippen LogP contribution in [0.25, 0.3) is 11.3 Å². The van der Waals surface area contributed by atoms with Crippen LogP contribution >= 0.6 is 11.6 Å². The largest absolute Gasteiger partial charge is 0.496 e. The quantitative estimate of drug-likeness (QED) is 0.880. The van der Waals surface area contributed by atoms with Crippen LogP contribution in [-0.2, 0) is 0 Å². The smallest absolute Gasteiger partial charge is 0.222 e. The van der Waals surface area contributed by atoms with E-state index in [9.17, 15) is 4.39 Å². The fraction of sp³-hybridized carbons (Fsp3) is 0.100. The van der Waals surface area contributed by atoms with Crippen molar-refractivity contribution < 1.29 is 13.7 Å². The van der Waals surface area contributed by atoms with Gasteiger partial charge < -0.3 is 15.0 Å². The van der Waals surface area contributed by atoms with Crippen LogP contribution in [0, 0.1) is 5.82 Å². The minimum atomic E-state index is -0.557. The number of benzene rings is 1. The van der Waals surface area contributed by atoms with Gasteiger partial charge in [0.25, 0.3) is 0 Å². The van der Waals surface area contributed by atoms with Crippen LogP contribution in [0.2, 0.25) is 5.02 Å². The average Bonchev–Trinajstić information content (AvgIpc) is 2.68. The van der Waals surface area contributed by atoms with E-state index in [-0.39, 0.29) is 10.9 Å². The second kappa shape index (κ2) is 4.02. The third kappa shape index (κ3) is 1.81. The molecule has 2 aromatic rings. The number of aromatic nitrogens is 1. The maximum absolute atomic E-state index is 13.2. The van der Waals surface area contributed by atoms with Crippen LogP contribution in [0.15, 0.2) is 22.7 Å². The number of halogens is 2. The Morgan fingerprint density at radius 3 is 2.75 bits per heavy atom. The highest BCUT2D eigenvalue weighted by molar-refractivity contribution is 6.31. The Balaban J connectivity index is 2.59. The molecule has 84 valence electrons. The predicted octanol–water partition coefficient (Wildman–Crippen LogP) is 2.72. The highest BCUT2D eigenvalue weighted by atomic mass is 35.5. The van der Waals surface area contributed by atoms with Crippen molar-refractivity contribution in [2.75, 3.05) is 12.8 Å². The zero-order valence-corrected chi connectivity index (χ0v) is 9.08. The monoisotopic (exact) mass is 242 g/mol. The molecule has 0 unspecified atom stereocenters. The van der Waals surface area contributed by atoms with Crippen molar-refractivity contribution in [2.24, 2.45) is 0 Å². The number of hydrogen-bond acceptors (Lipinski definition) is 4. The van der Waals surface area contributed by atoms with Crippen molar-refractivity contribution >= 4 is 17.5 Å². The molecule has 4 nitrogen and oxygen atoms in total. The second-order valence-corrected chi connectivity index (χ2v) is 3.49. The van der Waals surface area contributed by atoms with E-state index in [0.717, 1.165) is 0 Å². The molecule has 2 N–H and O–H groups in total. The summed E-state index contributed by atoms with van der Waals surface area (Å²) in [6.45, 7) is 0. The van der Waals surface area contributed by atoms with E-state index >= 15 is 0 Å². The fourth-order valence-corrected chi connectivity index (χ4v) is 1.48. The van der Waals surface area contributed by atoms with Gasteiger partial charge in [0.05, 0.1) is 12.1 Å². The molecule has 0 saturated heterocycles. The number of nitrogens with two attached hydrogens (primary N) is 1. The number of nitrogens with zero attached hydrogens (tertiary/aromatic N) is 1. The van der Waals surface area contributed by atoms with Crippen molar-refractivity contribution in [3.8, 4) is 17.0 Å². The summed E-state index contributed by atoms with van der Waals surface area (Å²) in [4.78, 5) is 0. The first-order valence-electron chi connectivity index (χ1n) is 4.37. The minimum absolute atomic E-state index is 0.0163. The van der Waals surface area contributed by atoms with Crippen molar-refractivity contribution in [1.82, 2.24) is 5.16 Å². The third-order valence-electron chi connectivity index (χ3n) is 2.05. The molecule has 0 aliphatic heterocycles. The number of ether oxygens (including phenoxy) is 1. The maximum atomic E-state index is 13.2. The summed E-state index contributed by atoms with van der Waals surface area (Å²) >= 11 is 5.68. The average molecular weight is 243 g/mol. The van der Waals surface area contributed by atoms with Gasteiger partial charge in [-0.3, -0.25) is 0 Å². The van der Waals surface area contributed by atoms with Crippen LogP contribution in [-0.4, -0.2) is 12.3 Å². The molecule has 1 heterocycles. The highest BCUT2D eigenvalue weighted by Crippen LogP contribution is 2.34. The molecule has 2 rings (SSSR count). The molecule has 0 amide bonds. The molecule has 6 heteroatoms. The van der Waals surface area contributed by atoms with E-state index in [0.29, 0.717) is 17.0 Å². The molecule has 0 saturated carbocycles. The zero-order valence-electron chi connectivity index (χ0n) is 8.33. The lowest BCUT2D eigenvalue weighted by molar-refractivity contribution is 0.410. The van der Waals surface area contributed by atoms with E-state index in [1.165, 1.54) is 25.3 Å². The van der Waals surface area contributed by atoms with Crippen LogP contribution < -0.4 is 10.5 Å². The molecule has 1 aromatic carbocycles. The van der Waals surface area contributed by atoms with Gasteiger partial charge in [-0.2, -0.15) is 0 Å². The molecule has 0 aliphatic carbocycles. The standard InChI is InChI=1S/C10H8ClFN2O2/c1-15-9-3-7(12)6(11)2-5(9)8-4-10(13)16-14-8/h2-4H,13H2,1H3. The Hall–Kier alpha value is -1.75. The Morgan fingerprint density at radius 2 is 2.19 bits per heavy atom. The van der Waals surface area contributed by atoms with Gasteiger partial charge in [-0.05, 0) is 6.07 Å². The van der Waals surface area contributed by atoms with E-state index < -0.39 is 5.82 Å². The normalized spacial score (nSPS) is 10.4. The molecule has 0 fully saturated rings. The summed E-state index contributed by atoms with van der Waals surface area (Å²) in [6.07, 6.45) is 0. The Labute approximate surface area is 95.7 Å². The number of anilines is 1.